The molecule has 0 spiro atoms. The van der Waals surface area contributed by atoms with Gasteiger partial charge in [-0.2, -0.15) is 0 Å². The van der Waals surface area contributed by atoms with E-state index in [2.05, 4.69) is 5.32 Å². The van der Waals surface area contributed by atoms with Gasteiger partial charge in [0.25, 0.3) is 11.6 Å². The quantitative estimate of drug-likeness (QED) is 0.382. The van der Waals surface area contributed by atoms with Crippen molar-refractivity contribution in [1.82, 2.24) is 5.32 Å². The van der Waals surface area contributed by atoms with E-state index >= 15 is 0 Å². The fraction of sp³-hybridized carbons (Fsp3) is 0.348. The van der Waals surface area contributed by atoms with Crippen LogP contribution in [0.1, 0.15) is 55.1 Å². The maximum absolute atomic E-state index is 13.0. The minimum absolute atomic E-state index is 0.00299. The highest BCUT2D eigenvalue weighted by Gasteiger charge is 2.28. The lowest BCUT2D eigenvalue weighted by atomic mass is 10.0. The van der Waals surface area contributed by atoms with E-state index < -0.39 is 22.8 Å². The Hall–Kier alpha value is -3.75. The minimum atomic E-state index is -0.965. The molecule has 168 valence electrons. The smallest absolute Gasteiger partial charge is 0.308 e. The molecule has 1 heterocycles. The van der Waals surface area contributed by atoms with E-state index in [9.17, 15) is 24.5 Å². The summed E-state index contributed by atoms with van der Waals surface area (Å²) in [6.45, 7) is 3.98. The number of nitrogens with one attached hydrogen (secondary N) is 1. The van der Waals surface area contributed by atoms with E-state index in [1.54, 1.807) is 49.1 Å². The Bertz CT molecular complexity index is 1040. The zero-order chi connectivity index (χ0) is 23.3. The number of nitrogens with zero attached hydrogens (tertiary/aromatic N) is 2. The highest BCUT2D eigenvalue weighted by atomic mass is 16.6. The number of anilines is 1. The van der Waals surface area contributed by atoms with Crippen molar-refractivity contribution in [1.29, 1.82) is 0 Å². The van der Waals surface area contributed by atoms with Crippen LogP contribution in [-0.2, 0) is 14.3 Å². The summed E-state index contributed by atoms with van der Waals surface area (Å²) in [6.07, 6.45) is 0.597. The highest BCUT2D eigenvalue weighted by Crippen LogP contribution is 2.28. The third-order valence-electron chi connectivity index (χ3n) is 5.05. The second-order valence-electron chi connectivity index (χ2n) is 7.78. The first kappa shape index (κ1) is 22.9. The molecule has 0 radical (unpaired) electrons. The van der Waals surface area contributed by atoms with Crippen molar-refractivity contribution in [2.45, 2.75) is 45.3 Å². The lowest BCUT2D eigenvalue weighted by Gasteiger charge is -2.20. The lowest BCUT2D eigenvalue weighted by Crippen LogP contribution is -2.32. The summed E-state index contributed by atoms with van der Waals surface area (Å²) in [6, 6.07) is 11.6. The number of carbonyl (C=O) groups excluding carboxylic acids is 3. The molecule has 2 amide bonds. The topological polar surface area (TPSA) is 119 Å². The molecular weight excluding hydrogens is 414 g/mol. The number of amides is 2. The molecule has 3 rings (SSSR count). The van der Waals surface area contributed by atoms with E-state index in [4.69, 9.17) is 4.74 Å². The first-order valence-corrected chi connectivity index (χ1v) is 10.4. The molecule has 0 unspecified atom stereocenters. The third-order valence-corrected chi connectivity index (χ3v) is 5.05. The Morgan fingerprint density at radius 3 is 2.59 bits per heavy atom. The predicted molar refractivity (Wildman–Crippen MR) is 117 cm³/mol. The first-order valence-electron chi connectivity index (χ1n) is 10.4. The maximum atomic E-state index is 13.0. The molecular formula is C23H25N3O6. The van der Waals surface area contributed by atoms with Crippen molar-refractivity contribution >= 4 is 29.2 Å². The molecule has 9 nitrogen and oxygen atoms in total. The number of benzene rings is 2. The van der Waals surface area contributed by atoms with Crippen molar-refractivity contribution in [3.63, 3.8) is 0 Å². The minimum Gasteiger partial charge on any atom is -0.463 e. The van der Waals surface area contributed by atoms with E-state index in [0.29, 0.717) is 18.7 Å². The van der Waals surface area contributed by atoms with Crippen LogP contribution >= 0.6 is 0 Å². The molecule has 1 saturated heterocycles. The summed E-state index contributed by atoms with van der Waals surface area (Å²) < 4.78 is 5.18. The van der Waals surface area contributed by atoms with Gasteiger partial charge in [-0.3, -0.25) is 24.5 Å². The van der Waals surface area contributed by atoms with Crippen LogP contribution in [-0.4, -0.2) is 35.4 Å². The van der Waals surface area contributed by atoms with Crippen molar-refractivity contribution in [2.75, 3.05) is 11.4 Å². The number of hydrogen-bond donors (Lipinski definition) is 1. The third kappa shape index (κ3) is 5.48. The van der Waals surface area contributed by atoms with Gasteiger partial charge in [0, 0.05) is 30.3 Å². The van der Waals surface area contributed by atoms with Gasteiger partial charge in [-0.1, -0.05) is 24.3 Å². The Kier molecular flexibility index (Phi) is 7.19. The Morgan fingerprint density at radius 2 is 1.94 bits per heavy atom. The summed E-state index contributed by atoms with van der Waals surface area (Å²) in [5.41, 5.74) is 0.897. The number of hydrogen-bond acceptors (Lipinski definition) is 6. The molecule has 2 aromatic rings. The molecule has 1 N–H and O–H groups in total. The maximum Gasteiger partial charge on any atom is 0.308 e. The standard InChI is InChI=1S/C23H25N3O6/c1-15(2)32-22(28)14-19(18-9-3-4-10-20(18)26(30)31)24-23(29)16-7-5-8-17(13-16)25-12-6-11-21(25)27/h3-5,7-10,13,15,19H,6,11-12,14H2,1-2H3,(H,24,29)/t19-/m1/s1. The van der Waals surface area contributed by atoms with Crippen molar-refractivity contribution in [3.8, 4) is 0 Å². The summed E-state index contributed by atoms with van der Waals surface area (Å²) >= 11 is 0. The fourth-order valence-corrected chi connectivity index (χ4v) is 3.64. The van der Waals surface area contributed by atoms with E-state index in [0.717, 1.165) is 6.42 Å². The van der Waals surface area contributed by atoms with Gasteiger partial charge in [0.05, 0.1) is 29.1 Å². The van der Waals surface area contributed by atoms with Crippen LogP contribution in [0.5, 0.6) is 0 Å². The van der Waals surface area contributed by atoms with Gasteiger partial charge in [0.1, 0.15) is 0 Å². The highest BCUT2D eigenvalue weighted by molar-refractivity contribution is 5.99. The second kappa shape index (κ2) is 10.0. The van der Waals surface area contributed by atoms with Gasteiger partial charge in [-0.25, -0.2) is 0 Å². The molecule has 1 fully saturated rings. The number of para-hydroxylation sites is 1. The molecule has 32 heavy (non-hydrogen) atoms. The monoisotopic (exact) mass is 439 g/mol. The molecule has 0 bridgehead atoms. The largest absolute Gasteiger partial charge is 0.463 e. The first-order chi connectivity index (χ1) is 15.3. The number of nitro benzene ring substituents is 1. The number of carbonyl (C=O) groups is 3. The average molecular weight is 439 g/mol. The lowest BCUT2D eigenvalue weighted by molar-refractivity contribution is -0.385. The zero-order valence-corrected chi connectivity index (χ0v) is 17.9. The number of ether oxygens (including phenoxy) is 1. The van der Waals surface area contributed by atoms with E-state index in [1.807, 2.05) is 0 Å². The molecule has 0 aliphatic carbocycles. The molecule has 9 heteroatoms. The SMILES string of the molecule is CC(C)OC(=O)C[C@@H](NC(=O)c1cccc(N2CCCC2=O)c1)c1ccccc1[N+](=O)[O-]. The van der Waals surface area contributed by atoms with Gasteiger partial charge in [0.15, 0.2) is 0 Å². The Morgan fingerprint density at radius 1 is 1.19 bits per heavy atom. The van der Waals surface area contributed by atoms with Crippen LogP contribution < -0.4 is 10.2 Å². The van der Waals surface area contributed by atoms with Crippen LogP contribution in [0.4, 0.5) is 11.4 Å². The van der Waals surface area contributed by atoms with Crippen LogP contribution in [0.25, 0.3) is 0 Å². The van der Waals surface area contributed by atoms with Crippen molar-refractivity contribution < 1.29 is 24.0 Å². The molecule has 1 aliphatic rings. The van der Waals surface area contributed by atoms with Gasteiger partial charge >= 0.3 is 5.97 Å². The van der Waals surface area contributed by atoms with E-state index in [1.165, 1.54) is 18.2 Å². The zero-order valence-electron chi connectivity index (χ0n) is 17.9. The van der Waals surface area contributed by atoms with Crippen molar-refractivity contribution in [3.05, 3.63) is 69.8 Å². The average Bonchev–Trinajstić information content (AvgIpc) is 3.18. The van der Waals surface area contributed by atoms with Crippen LogP contribution in [0, 0.1) is 10.1 Å². The second-order valence-corrected chi connectivity index (χ2v) is 7.78. The predicted octanol–water partition coefficient (Wildman–Crippen LogP) is 3.53. The Labute approximate surface area is 185 Å². The van der Waals surface area contributed by atoms with Crippen molar-refractivity contribution in [2.24, 2.45) is 0 Å². The normalized spacial score (nSPS) is 14.3. The number of nitro groups is 1. The summed E-state index contributed by atoms with van der Waals surface area (Å²) in [5.74, 6) is -1.10. The molecule has 0 aromatic heterocycles. The summed E-state index contributed by atoms with van der Waals surface area (Å²) in [7, 11) is 0. The van der Waals surface area contributed by atoms with E-state index in [-0.39, 0.29) is 35.2 Å². The summed E-state index contributed by atoms with van der Waals surface area (Å²) in [4.78, 5) is 50.0. The molecule has 1 aliphatic heterocycles. The molecule has 0 saturated carbocycles. The van der Waals surface area contributed by atoms with Gasteiger partial charge in [0.2, 0.25) is 5.91 Å². The Balaban J connectivity index is 1.88. The van der Waals surface area contributed by atoms with Crippen LogP contribution in [0.15, 0.2) is 48.5 Å². The van der Waals surface area contributed by atoms with Gasteiger partial charge < -0.3 is 15.0 Å². The van der Waals surface area contributed by atoms with Crippen LogP contribution in [0.2, 0.25) is 0 Å². The van der Waals surface area contributed by atoms with Crippen LogP contribution in [0.3, 0.4) is 0 Å². The molecule has 2 aromatic carbocycles. The molecule has 1 atom stereocenters. The number of esters is 1. The van der Waals surface area contributed by atoms with Gasteiger partial charge in [-0.15, -0.1) is 0 Å². The number of rotatable bonds is 8. The fourth-order valence-electron chi connectivity index (χ4n) is 3.64. The summed E-state index contributed by atoms with van der Waals surface area (Å²) in [5, 5.41) is 14.2. The van der Waals surface area contributed by atoms with Gasteiger partial charge in [-0.05, 0) is 38.5 Å².